The lowest BCUT2D eigenvalue weighted by atomic mass is 9.95. The molecule has 0 aliphatic carbocycles. The minimum Gasteiger partial charge on any atom is -0.463 e. The molecule has 172 valence electrons. The zero-order chi connectivity index (χ0) is 21.9. The average Bonchev–Trinajstić information content (AvgIpc) is 3.29. The summed E-state index contributed by atoms with van der Waals surface area (Å²) >= 11 is 3.33. The molecule has 2 N–H and O–H groups in total. The molecule has 1 unspecified atom stereocenters. The Hall–Kier alpha value is -1.84. The van der Waals surface area contributed by atoms with Gasteiger partial charge in [-0.15, -0.1) is 0 Å². The van der Waals surface area contributed by atoms with Crippen LogP contribution in [-0.4, -0.2) is 54.4 Å². The molecule has 5 aliphatic heterocycles. The number of hydrogen-bond acceptors (Lipinski definition) is 6. The summed E-state index contributed by atoms with van der Waals surface area (Å²) < 4.78 is 42.2. The summed E-state index contributed by atoms with van der Waals surface area (Å²) in [6.07, 6.45) is 7.45. The van der Waals surface area contributed by atoms with Gasteiger partial charge in [-0.1, -0.05) is 6.08 Å². The van der Waals surface area contributed by atoms with Crippen molar-refractivity contribution >= 4 is 21.6 Å². The van der Waals surface area contributed by atoms with E-state index in [4.69, 9.17) is 9.47 Å². The summed E-state index contributed by atoms with van der Waals surface area (Å²) in [6, 6.07) is 1.76. The molecule has 0 spiro atoms. The Bertz CT molecular complexity index is 1000. The predicted molar refractivity (Wildman–Crippen MR) is 120 cm³/mol. The second-order valence-corrected chi connectivity index (χ2v) is 10.2. The van der Waals surface area contributed by atoms with Crippen LogP contribution in [0.25, 0.3) is 0 Å². The van der Waals surface area contributed by atoms with Gasteiger partial charge in [-0.25, -0.2) is 8.78 Å². The van der Waals surface area contributed by atoms with Crippen molar-refractivity contribution in [2.75, 3.05) is 38.2 Å². The van der Waals surface area contributed by atoms with Crippen molar-refractivity contribution in [2.45, 2.75) is 50.0 Å². The Labute approximate surface area is 194 Å². The molecule has 0 radical (unpaired) electrons. The van der Waals surface area contributed by atoms with Crippen LogP contribution >= 0.6 is 15.9 Å². The smallest absolute Gasteiger partial charge is 0.286 e. The first kappa shape index (κ1) is 20.7. The van der Waals surface area contributed by atoms with Gasteiger partial charge in [0.25, 0.3) is 5.95 Å². The molecule has 0 bridgehead atoms. The van der Waals surface area contributed by atoms with E-state index in [1.165, 1.54) is 0 Å². The molecule has 3 atom stereocenters. The van der Waals surface area contributed by atoms with Crippen molar-refractivity contribution in [2.24, 2.45) is 0 Å². The number of rotatable bonds is 3. The third kappa shape index (κ3) is 3.31. The van der Waals surface area contributed by atoms with Crippen molar-refractivity contribution in [1.82, 2.24) is 15.1 Å². The second kappa shape index (κ2) is 7.88. The molecule has 32 heavy (non-hydrogen) atoms. The molecule has 1 aromatic rings. The summed E-state index contributed by atoms with van der Waals surface area (Å²) in [5, 5.41) is 6.75. The van der Waals surface area contributed by atoms with Crippen LogP contribution in [0.3, 0.4) is 0 Å². The number of benzene rings is 1. The van der Waals surface area contributed by atoms with Crippen molar-refractivity contribution < 1.29 is 18.3 Å². The summed E-state index contributed by atoms with van der Waals surface area (Å²) in [7, 11) is 0. The van der Waals surface area contributed by atoms with Gasteiger partial charge >= 0.3 is 0 Å². The van der Waals surface area contributed by atoms with Crippen LogP contribution in [0.5, 0.6) is 5.75 Å². The van der Waals surface area contributed by atoms with Crippen LogP contribution in [0.4, 0.5) is 14.5 Å². The van der Waals surface area contributed by atoms with Gasteiger partial charge in [0.1, 0.15) is 18.9 Å². The number of anilines is 1. The van der Waals surface area contributed by atoms with Gasteiger partial charge in [0.05, 0.1) is 22.2 Å². The summed E-state index contributed by atoms with van der Waals surface area (Å²) in [5.74, 6) is -0.0380. The van der Waals surface area contributed by atoms with E-state index < -0.39 is 12.0 Å². The lowest BCUT2D eigenvalue weighted by Gasteiger charge is -2.42. The fraction of sp³-hybridized carbons (Fsp3) is 0.565. The van der Waals surface area contributed by atoms with Crippen LogP contribution in [0.15, 0.2) is 34.3 Å². The van der Waals surface area contributed by atoms with Gasteiger partial charge in [0, 0.05) is 37.0 Å². The summed E-state index contributed by atoms with van der Waals surface area (Å²) in [5.41, 5.74) is 2.28. The SMILES string of the molecule is Fc1c(Br)cc2c3c1O/C(OC[C@@]14CCCN1C[C@H](F)C4)=C\C1=CCCCN1C3NCN2. The van der Waals surface area contributed by atoms with E-state index in [-0.39, 0.29) is 23.4 Å². The highest BCUT2D eigenvalue weighted by molar-refractivity contribution is 9.10. The predicted octanol–water partition coefficient (Wildman–Crippen LogP) is 4.37. The lowest BCUT2D eigenvalue weighted by Crippen LogP contribution is -2.45. The van der Waals surface area contributed by atoms with Crippen LogP contribution in [0.1, 0.15) is 43.8 Å². The topological polar surface area (TPSA) is 49.0 Å². The molecule has 0 amide bonds. The highest BCUT2D eigenvalue weighted by Crippen LogP contribution is 2.46. The van der Waals surface area contributed by atoms with E-state index in [1.807, 2.05) is 6.08 Å². The fourth-order valence-electron chi connectivity index (χ4n) is 5.90. The van der Waals surface area contributed by atoms with Gasteiger partial charge in [0.15, 0.2) is 11.6 Å². The zero-order valence-electron chi connectivity index (χ0n) is 17.8. The quantitative estimate of drug-likeness (QED) is 0.632. The standard InChI is InChI=1S/C23H27BrF2N4O2/c24-16-9-17-19-21(20(16)26)32-18(31-12-23-5-3-6-29(23)11-14(25)10-23)8-15-4-1-2-7-30(15)22(19)28-13-27-17/h4,8-9,14,22,27-28H,1-3,5-7,10-13H2/b18-8-/t14-,22?,23+/m1/s1. The molecule has 6 nitrogen and oxygen atoms in total. The maximum atomic E-state index is 15.3. The molecule has 2 fully saturated rings. The van der Waals surface area contributed by atoms with Crippen LogP contribution in [0.2, 0.25) is 0 Å². The number of nitrogens with zero attached hydrogens (tertiary/aromatic N) is 2. The summed E-state index contributed by atoms with van der Waals surface area (Å²) in [6.45, 7) is 3.13. The number of allylic oxidation sites excluding steroid dienone is 2. The molecule has 6 rings (SSSR count). The molecule has 9 heteroatoms. The maximum absolute atomic E-state index is 15.3. The number of ether oxygens (including phenoxy) is 2. The van der Waals surface area contributed by atoms with E-state index in [9.17, 15) is 4.39 Å². The first-order valence-electron chi connectivity index (χ1n) is 11.4. The highest BCUT2D eigenvalue weighted by Gasteiger charge is 2.49. The van der Waals surface area contributed by atoms with E-state index in [0.717, 1.165) is 55.7 Å². The van der Waals surface area contributed by atoms with Crippen LogP contribution in [-0.2, 0) is 4.74 Å². The zero-order valence-corrected chi connectivity index (χ0v) is 19.4. The molecular weight excluding hydrogens is 482 g/mol. The first-order chi connectivity index (χ1) is 15.5. The first-order valence-corrected chi connectivity index (χ1v) is 12.2. The molecule has 0 aromatic heterocycles. The Morgan fingerprint density at radius 2 is 2.22 bits per heavy atom. The minimum absolute atomic E-state index is 0.158. The van der Waals surface area contributed by atoms with Crippen LogP contribution < -0.4 is 15.4 Å². The van der Waals surface area contributed by atoms with Gasteiger partial charge in [-0.3, -0.25) is 10.2 Å². The van der Waals surface area contributed by atoms with E-state index in [2.05, 4.69) is 42.4 Å². The number of fused-ring (bicyclic) bond motifs is 3. The van der Waals surface area contributed by atoms with Gasteiger partial charge in [-0.05, 0) is 54.2 Å². The van der Waals surface area contributed by atoms with Crippen molar-refractivity contribution in [3.05, 3.63) is 45.7 Å². The van der Waals surface area contributed by atoms with Crippen molar-refractivity contribution in [3.63, 3.8) is 0 Å². The lowest BCUT2D eigenvalue weighted by molar-refractivity contribution is 0.0250. The Morgan fingerprint density at radius 1 is 1.31 bits per heavy atom. The number of alkyl halides is 1. The Morgan fingerprint density at radius 3 is 3.12 bits per heavy atom. The van der Waals surface area contributed by atoms with Gasteiger partial charge in [0.2, 0.25) is 0 Å². The number of halogens is 3. The van der Waals surface area contributed by atoms with E-state index in [0.29, 0.717) is 30.7 Å². The fourth-order valence-corrected chi connectivity index (χ4v) is 6.31. The van der Waals surface area contributed by atoms with Crippen LogP contribution in [0, 0.1) is 5.82 Å². The van der Waals surface area contributed by atoms with E-state index >= 15 is 4.39 Å². The highest BCUT2D eigenvalue weighted by atomic mass is 79.9. The van der Waals surface area contributed by atoms with Crippen molar-refractivity contribution in [1.29, 1.82) is 0 Å². The number of nitrogens with one attached hydrogen (secondary N) is 2. The van der Waals surface area contributed by atoms with E-state index in [1.54, 1.807) is 6.07 Å². The second-order valence-electron chi connectivity index (χ2n) is 9.32. The Balaban J connectivity index is 1.38. The average molecular weight is 509 g/mol. The molecule has 5 heterocycles. The molecular formula is C23H27BrF2N4O2. The minimum atomic E-state index is -0.824. The third-order valence-corrected chi connectivity index (χ3v) is 7.95. The monoisotopic (exact) mass is 508 g/mol. The molecule has 5 aliphatic rings. The Kier molecular flexibility index (Phi) is 5.11. The largest absolute Gasteiger partial charge is 0.463 e. The summed E-state index contributed by atoms with van der Waals surface area (Å²) in [4.78, 5) is 4.46. The van der Waals surface area contributed by atoms with Crippen molar-refractivity contribution in [3.8, 4) is 5.75 Å². The van der Waals surface area contributed by atoms with Gasteiger partial charge in [-0.2, -0.15) is 0 Å². The molecule has 0 saturated carbocycles. The van der Waals surface area contributed by atoms with Gasteiger partial charge < -0.3 is 19.7 Å². The maximum Gasteiger partial charge on any atom is 0.286 e. The third-order valence-electron chi connectivity index (χ3n) is 7.37. The normalized spacial score (nSPS) is 32.9. The number of hydrogen-bond donors (Lipinski definition) is 2. The molecule has 1 aromatic carbocycles. The molecule has 2 saturated heterocycles.